The second-order valence-corrected chi connectivity index (χ2v) is 5.34. The molecular formula is C13H16BrFO2. The second kappa shape index (κ2) is 5.94. The van der Waals surface area contributed by atoms with E-state index in [1.165, 1.54) is 6.07 Å². The molecule has 0 radical (unpaired) electrons. The van der Waals surface area contributed by atoms with E-state index in [-0.39, 0.29) is 5.82 Å². The van der Waals surface area contributed by atoms with Gasteiger partial charge >= 0.3 is 0 Å². The number of aliphatic hydroxyl groups excluding tert-OH is 1. The van der Waals surface area contributed by atoms with Gasteiger partial charge < -0.3 is 9.84 Å². The molecule has 17 heavy (non-hydrogen) atoms. The van der Waals surface area contributed by atoms with Crippen molar-refractivity contribution in [2.24, 2.45) is 5.92 Å². The highest BCUT2D eigenvalue weighted by molar-refractivity contribution is 9.10. The van der Waals surface area contributed by atoms with E-state index in [1.807, 2.05) is 0 Å². The average Bonchev–Trinajstić information content (AvgIpc) is 2.34. The van der Waals surface area contributed by atoms with E-state index < -0.39 is 6.10 Å². The maximum Gasteiger partial charge on any atom is 0.137 e. The summed E-state index contributed by atoms with van der Waals surface area (Å²) in [4.78, 5) is 0. The van der Waals surface area contributed by atoms with Crippen molar-refractivity contribution < 1.29 is 14.2 Å². The van der Waals surface area contributed by atoms with E-state index in [1.54, 1.807) is 12.1 Å². The normalized spacial score (nSPS) is 19.2. The van der Waals surface area contributed by atoms with Crippen LogP contribution in [0.3, 0.4) is 0 Å². The molecule has 0 spiro atoms. The zero-order chi connectivity index (χ0) is 12.3. The van der Waals surface area contributed by atoms with Gasteiger partial charge in [-0.2, -0.15) is 0 Å². The van der Waals surface area contributed by atoms with Gasteiger partial charge in [0.05, 0.1) is 10.6 Å². The van der Waals surface area contributed by atoms with Gasteiger partial charge in [0.15, 0.2) is 0 Å². The fourth-order valence-corrected chi connectivity index (χ4v) is 2.40. The zero-order valence-corrected chi connectivity index (χ0v) is 11.1. The summed E-state index contributed by atoms with van der Waals surface area (Å²) >= 11 is 3.10. The number of rotatable bonds is 3. The van der Waals surface area contributed by atoms with Crippen LogP contribution in [0, 0.1) is 11.7 Å². The summed E-state index contributed by atoms with van der Waals surface area (Å²) < 4.78 is 19.0. The van der Waals surface area contributed by atoms with Crippen molar-refractivity contribution >= 4 is 15.9 Å². The van der Waals surface area contributed by atoms with Crippen molar-refractivity contribution in [3.05, 3.63) is 34.1 Å². The Morgan fingerprint density at radius 1 is 1.41 bits per heavy atom. The standard InChI is InChI=1S/C13H16BrFO2/c14-11-2-1-10(8-12(11)15)13(16)7-9-3-5-17-6-4-9/h1-2,8-9,13,16H,3-7H2. The molecule has 1 atom stereocenters. The van der Waals surface area contributed by atoms with Crippen LogP contribution in [-0.4, -0.2) is 18.3 Å². The fourth-order valence-electron chi connectivity index (χ4n) is 2.15. The first kappa shape index (κ1) is 13.0. The topological polar surface area (TPSA) is 29.5 Å². The van der Waals surface area contributed by atoms with E-state index in [9.17, 15) is 9.50 Å². The van der Waals surface area contributed by atoms with Crippen molar-refractivity contribution in [3.8, 4) is 0 Å². The molecule has 0 bridgehead atoms. The lowest BCUT2D eigenvalue weighted by molar-refractivity contribution is 0.0434. The first-order valence-corrected chi connectivity index (χ1v) is 6.67. The Kier molecular flexibility index (Phi) is 4.54. The zero-order valence-electron chi connectivity index (χ0n) is 9.53. The molecule has 2 nitrogen and oxygen atoms in total. The van der Waals surface area contributed by atoms with E-state index >= 15 is 0 Å². The summed E-state index contributed by atoms with van der Waals surface area (Å²) in [6, 6.07) is 4.79. The minimum absolute atomic E-state index is 0.325. The molecule has 1 aromatic carbocycles. The van der Waals surface area contributed by atoms with Crippen LogP contribution < -0.4 is 0 Å². The smallest absolute Gasteiger partial charge is 0.137 e. The van der Waals surface area contributed by atoms with Gasteiger partial charge in [-0.1, -0.05) is 6.07 Å². The van der Waals surface area contributed by atoms with Crippen LogP contribution in [0.4, 0.5) is 4.39 Å². The number of hydrogen-bond acceptors (Lipinski definition) is 2. The molecule has 1 heterocycles. The molecule has 1 unspecified atom stereocenters. The Bertz CT molecular complexity index is 378. The third-order valence-electron chi connectivity index (χ3n) is 3.23. The molecule has 4 heteroatoms. The molecule has 1 N–H and O–H groups in total. The number of ether oxygens (including phenoxy) is 1. The van der Waals surface area contributed by atoms with Gasteiger partial charge in [0, 0.05) is 13.2 Å². The SMILES string of the molecule is OC(CC1CCOCC1)c1ccc(Br)c(F)c1. The molecular weight excluding hydrogens is 287 g/mol. The molecule has 94 valence electrons. The summed E-state index contributed by atoms with van der Waals surface area (Å²) in [5.41, 5.74) is 0.650. The highest BCUT2D eigenvalue weighted by atomic mass is 79.9. The predicted molar refractivity (Wildman–Crippen MR) is 67.2 cm³/mol. The van der Waals surface area contributed by atoms with Gasteiger partial charge in [-0.05, 0) is 58.8 Å². The Morgan fingerprint density at radius 2 is 2.12 bits per heavy atom. The maximum absolute atomic E-state index is 13.3. The van der Waals surface area contributed by atoms with Crippen LogP contribution in [0.1, 0.15) is 30.9 Å². The summed E-state index contributed by atoms with van der Waals surface area (Å²) in [6.07, 6.45) is 2.07. The van der Waals surface area contributed by atoms with Crippen LogP contribution in [0.5, 0.6) is 0 Å². The molecule has 1 aliphatic heterocycles. The highest BCUT2D eigenvalue weighted by Gasteiger charge is 2.19. The number of hydrogen-bond donors (Lipinski definition) is 1. The molecule has 0 aromatic heterocycles. The Morgan fingerprint density at radius 3 is 2.76 bits per heavy atom. The summed E-state index contributed by atoms with van der Waals surface area (Å²) in [7, 11) is 0. The van der Waals surface area contributed by atoms with E-state index in [0.717, 1.165) is 26.1 Å². The van der Waals surface area contributed by atoms with E-state index in [2.05, 4.69) is 15.9 Å². The molecule has 0 aliphatic carbocycles. The summed E-state index contributed by atoms with van der Waals surface area (Å²) in [5.74, 6) is 0.152. The molecule has 1 saturated heterocycles. The lowest BCUT2D eigenvalue weighted by atomic mass is 9.91. The van der Waals surface area contributed by atoms with Crippen molar-refractivity contribution in [1.29, 1.82) is 0 Å². The first-order valence-electron chi connectivity index (χ1n) is 5.87. The van der Waals surface area contributed by atoms with Crippen LogP contribution in [-0.2, 0) is 4.74 Å². The van der Waals surface area contributed by atoms with Crippen LogP contribution in [0.2, 0.25) is 0 Å². The van der Waals surface area contributed by atoms with Gasteiger partial charge in [-0.3, -0.25) is 0 Å². The molecule has 0 amide bonds. The lowest BCUT2D eigenvalue weighted by Crippen LogP contribution is -2.18. The van der Waals surface area contributed by atoms with Gasteiger partial charge in [0.25, 0.3) is 0 Å². The Hall–Kier alpha value is -0.450. The van der Waals surface area contributed by atoms with Crippen LogP contribution >= 0.6 is 15.9 Å². The van der Waals surface area contributed by atoms with Gasteiger partial charge in [0.1, 0.15) is 5.82 Å². The van der Waals surface area contributed by atoms with E-state index in [4.69, 9.17) is 4.74 Å². The second-order valence-electron chi connectivity index (χ2n) is 4.48. The molecule has 1 aromatic rings. The monoisotopic (exact) mass is 302 g/mol. The molecule has 2 rings (SSSR count). The minimum atomic E-state index is -0.583. The van der Waals surface area contributed by atoms with Crippen molar-refractivity contribution in [2.45, 2.75) is 25.4 Å². The Balaban J connectivity index is 1.98. The molecule has 1 aliphatic rings. The van der Waals surface area contributed by atoms with Gasteiger partial charge in [-0.25, -0.2) is 4.39 Å². The largest absolute Gasteiger partial charge is 0.388 e. The highest BCUT2D eigenvalue weighted by Crippen LogP contribution is 2.29. The third kappa shape index (κ3) is 3.50. The van der Waals surface area contributed by atoms with Crippen LogP contribution in [0.15, 0.2) is 22.7 Å². The number of halogens is 2. The van der Waals surface area contributed by atoms with E-state index in [0.29, 0.717) is 22.4 Å². The van der Waals surface area contributed by atoms with Crippen molar-refractivity contribution in [2.75, 3.05) is 13.2 Å². The lowest BCUT2D eigenvalue weighted by Gasteiger charge is -2.24. The van der Waals surface area contributed by atoms with Gasteiger partial charge in [0.2, 0.25) is 0 Å². The number of aliphatic hydroxyl groups is 1. The molecule has 1 fully saturated rings. The fraction of sp³-hybridized carbons (Fsp3) is 0.538. The predicted octanol–water partition coefficient (Wildman–Crippen LogP) is 3.44. The average molecular weight is 303 g/mol. The summed E-state index contributed by atoms with van der Waals surface area (Å²) in [6.45, 7) is 1.54. The van der Waals surface area contributed by atoms with Gasteiger partial charge in [-0.15, -0.1) is 0 Å². The summed E-state index contributed by atoms with van der Waals surface area (Å²) in [5, 5.41) is 10.1. The molecule has 0 saturated carbocycles. The third-order valence-corrected chi connectivity index (χ3v) is 3.87. The number of benzene rings is 1. The Labute approximate surface area is 109 Å². The van der Waals surface area contributed by atoms with Crippen molar-refractivity contribution in [3.63, 3.8) is 0 Å². The quantitative estimate of drug-likeness (QED) is 0.927. The maximum atomic E-state index is 13.3. The minimum Gasteiger partial charge on any atom is -0.388 e. The van der Waals surface area contributed by atoms with Crippen molar-refractivity contribution in [1.82, 2.24) is 0 Å². The van der Waals surface area contributed by atoms with Crippen LogP contribution in [0.25, 0.3) is 0 Å². The first-order chi connectivity index (χ1) is 8.16.